The molecule has 20 heavy (non-hydrogen) atoms. The third kappa shape index (κ3) is 8.35. The zero-order valence-corrected chi connectivity index (χ0v) is 12.8. The van der Waals surface area contributed by atoms with E-state index in [4.69, 9.17) is 14.2 Å². The summed E-state index contributed by atoms with van der Waals surface area (Å²) in [7, 11) is 1.78. The lowest BCUT2D eigenvalue weighted by atomic mass is 10.3. The quantitative estimate of drug-likeness (QED) is 0.353. The molecule has 0 bridgehead atoms. The predicted molar refractivity (Wildman–Crippen MR) is 80.3 cm³/mol. The van der Waals surface area contributed by atoms with Gasteiger partial charge in [0.2, 0.25) is 0 Å². The van der Waals surface area contributed by atoms with E-state index in [0.29, 0.717) is 6.10 Å². The van der Waals surface area contributed by atoms with Gasteiger partial charge in [-0.1, -0.05) is 0 Å². The fraction of sp³-hybridized carbons (Fsp3) is 0.929. The van der Waals surface area contributed by atoms with Crippen LogP contribution in [-0.2, 0) is 14.2 Å². The summed E-state index contributed by atoms with van der Waals surface area (Å²) in [5.41, 5.74) is 0. The lowest BCUT2D eigenvalue weighted by Gasteiger charge is -2.13. The molecule has 1 aliphatic heterocycles. The first-order chi connectivity index (χ1) is 9.86. The Kier molecular flexibility index (Phi) is 10.3. The van der Waals surface area contributed by atoms with Crippen molar-refractivity contribution < 1.29 is 14.2 Å². The lowest BCUT2D eigenvalue weighted by Crippen LogP contribution is -2.38. The van der Waals surface area contributed by atoms with E-state index in [1.165, 1.54) is 0 Å². The number of aliphatic imine (C=N–C) groups is 1. The van der Waals surface area contributed by atoms with Crippen LogP contribution >= 0.6 is 0 Å². The summed E-state index contributed by atoms with van der Waals surface area (Å²) in [6, 6.07) is 0. The number of ether oxygens (including phenoxy) is 3. The Morgan fingerprint density at radius 1 is 1.25 bits per heavy atom. The van der Waals surface area contributed by atoms with Crippen molar-refractivity contribution in [3.8, 4) is 0 Å². The highest BCUT2D eigenvalue weighted by molar-refractivity contribution is 5.79. The minimum absolute atomic E-state index is 0.297. The fourth-order valence-electron chi connectivity index (χ4n) is 1.92. The van der Waals surface area contributed by atoms with Crippen molar-refractivity contribution in [1.82, 2.24) is 10.6 Å². The second-order valence-electron chi connectivity index (χ2n) is 4.69. The van der Waals surface area contributed by atoms with Crippen molar-refractivity contribution in [3.63, 3.8) is 0 Å². The maximum absolute atomic E-state index is 5.70. The Balaban J connectivity index is 1.92. The molecular formula is C14H29N3O3. The van der Waals surface area contributed by atoms with E-state index < -0.39 is 0 Å². The molecular weight excluding hydrogens is 258 g/mol. The highest BCUT2D eigenvalue weighted by Gasteiger charge is 2.15. The van der Waals surface area contributed by atoms with Crippen LogP contribution in [0.1, 0.15) is 26.2 Å². The van der Waals surface area contributed by atoms with Gasteiger partial charge in [-0.25, -0.2) is 0 Å². The van der Waals surface area contributed by atoms with Crippen LogP contribution in [-0.4, -0.2) is 65.2 Å². The second kappa shape index (κ2) is 11.9. The molecule has 0 aromatic rings. The van der Waals surface area contributed by atoms with Gasteiger partial charge in [-0.2, -0.15) is 0 Å². The molecule has 1 atom stereocenters. The molecule has 0 amide bonds. The maximum atomic E-state index is 5.70. The largest absolute Gasteiger partial charge is 0.382 e. The van der Waals surface area contributed by atoms with Crippen molar-refractivity contribution in [2.24, 2.45) is 4.99 Å². The molecule has 6 heteroatoms. The zero-order chi connectivity index (χ0) is 14.5. The van der Waals surface area contributed by atoms with E-state index >= 15 is 0 Å². The molecule has 118 valence electrons. The monoisotopic (exact) mass is 287 g/mol. The van der Waals surface area contributed by atoms with Crippen LogP contribution in [0, 0.1) is 0 Å². The SMILES string of the molecule is CCOCCCNC(=NC)NCCCOC1CCOC1. The standard InChI is InChI=1S/C14H29N3O3/c1-3-18-9-4-7-16-14(15-2)17-8-5-10-20-13-6-11-19-12-13/h13H,3-12H2,1-2H3,(H2,15,16,17). The van der Waals surface area contributed by atoms with E-state index in [9.17, 15) is 0 Å². The summed E-state index contributed by atoms with van der Waals surface area (Å²) in [6.45, 7) is 7.65. The molecule has 1 rings (SSSR count). The highest BCUT2D eigenvalue weighted by atomic mass is 16.5. The molecule has 0 saturated carbocycles. The lowest BCUT2D eigenvalue weighted by molar-refractivity contribution is 0.0420. The molecule has 0 aromatic heterocycles. The van der Waals surface area contributed by atoms with Gasteiger partial charge in [0.1, 0.15) is 0 Å². The maximum Gasteiger partial charge on any atom is 0.190 e. The molecule has 1 saturated heterocycles. The Bertz CT molecular complexity index is 256. The summed E-state index contributed by atoms with van der Waals surface area (Å²) in [4.78, 5) is 4.17. The van der Waals surface area contributed by atoms with Gasteiger partial charge in [0, 0.05) is 46.6 Å². The highest BCUT2D eigenvalue weighted by Crippen LogP contribution is 2.07. The van der Waals surface area contributed by atoms with Crippen LogP contribution in [0.3, 0.4) is 0 Å². The molecule has 0 aromatic carbocycles. The summed E-state index contributed by atoms with van der Waals surface area (Å²) >= 11 is 0. The van der Waals surface area contributed by atoms with Gasteiger partial charge in [0.25, 0.3) is 0 Å². The Morgan fingerprint density at radius 3 is 2.60 bits per heavy atom. The number of guanidine groups is 1. The molecule has 1 fully saturated rings. The first-order valence-electron chi connectivity index (χ1n) is 7.58. The normalized spacial score (nSPS) is 19.3. The van der Waals surface area contributed by atoms with Gasteiger partial charge in [-0.15, -0.1) is 0 Å². The molecule has 0 spiro atoms. The number of nitrogens with zero attached hydrogens (tertiary/aromatic N) is 1. The number of hydrogen-bond donors (Lipinski definition) is 2. The van der Waals surface area contributed by atoms with E-state index in [1.807, 2.05) is 6.92 Å². The Morgan fingerprint density at radius 2 is 2.00 bits per heavy atom. The number of rotatable bonds is 10. The zero-order valence-electron chi connectivity index (χ0n) is 12.8. The third-order valence-corrected chi connectivity index (χ3v) is 3.04. The van der Waals surface area contributed by atoms with Crippen molar-refractivity contribution in [3.05, 3.63) is 0 Å². The van der Waals surface area contributed by atoms with Crippen LogP contribution in [0.2, 0.25) is 0 Å². The van der Waals surface area contributed by atoms with E-state index in [0.717, 1.165) is 71.3 Å². The van der Waals surface area contributed by atoms with Crippen molar-refractivity contribution in [2.75, 3.05) is 53.2 Å². The van der Waals surface area contributed by atoms with Crippen LogP contribution in [0.15, 0.2) is 4.99 Å². The smallest absolute Gasteiger partial charge is 0.190 e. The van der Waals surface area contributed by atoms with Gasteiger partial charge in [-0.05, 0) is 26.2 Å². The average Bonchev–Trinajstić information content (AvgIpc) is 2.97. The van der Waals surface area contributed by atoms with Gasteiger partial charge in [0.15, 0.2) is 5.96 Å². The third-order valence-electron chi connectivity index (χ3n) is 3.04. The average molecular weight is 287 g/mol. The van der Waals surface area contributed by atoms with E-state index in [2.05, 4.69) is 15.6 Å². The molecule has 1 unspecified atom stereocenters. The van der Waals surface area contributed by atoms with Gasteiger partial charge < -0.3 is 24.8 Å². The van der Waals surface area contributed by atoms with Gasteiger partial charge in [-0.3, -0.25) is 4.99 Å². The summed E-state index contributed by atoms with van der Waals surface area (Å²) in [5, 5.41) is 6.53. The second-order valence-corrected chi connectivity index (χ2v) is 4.69. The minimum atomic E-state index is 0.297. The number of nitrogens with one attached hydrogen (secondary N) is 2. The van der Waals surface area contributed by atoms with Crippen molar-refractivity contribution in [1.29, 1.82) is 0 Å². The molecule has 1 aliphatic rings. The predicted octanol–water partition coefficient (Wildman–Crippen LogP) is 0.774. The van der Waals surface area contributed by atoms with Crippen LogP contribution in [0.4, 0.5) is 0 Å². The van der Waals surface area contributed by atoms with Crippen LogP contribution in [0.5, 0.6) is 0 Å². The molecule has 0 aliphatic carbocycles. The topological polar surface area (TPSA) is 64.1 Å². The molecule has 1 heterocycles. The van der Waals surface area contributed by atoms with Crippen LogP contribution in [0.25, 0.3) is 0 Å². The number of hydrogen-bond acceptors (Lipinski definition) is 4. The fourth-order valence-corrected chi connectivity index (χ4v) is 1.92. The van der Waals surface area contributed by atoms with E-state index in [1.54, 1.807) is 7.05 Å². The van der Waals surface area contributed by atoms with Crippen molar-refractivity contribution >= 4 is 5.96 Å². The summed E-state index contributed by atoms with van der Waals surface area (Å²) < 4.78 is 16.2. The summed E-state index contributed by atoms with van der Waals surface area (Å²) in [5.74, 6) is 0.839. The Hall–Kier alpha value is -0.850. The van der Waals surface area contributed by atoms with Gasteiger partial charge in [0.05, 0.1) is 12.7 Å². The molecule has 2 N–H and O–H groups in total. The molecule has 6 nitrogen and oxygen atoms in total. The summed E-state index contributed by atoms with van der Waals surface area (Å²) in [6.07, 6.45) is 3.28. The first kappa shape index (κ1) is 17.2. The Labute approximate surface area is 122 Å². The molecule has 0 radical (unpaired) electrons. The van der Waals surface area contributed by atoms with Crippen LogP contribution < -0.4 is 10.6 Å². The van der Waals surface area contributed by atoms with E-state index in [-0.39, 0.29) is 0 Å². The minimum Gasteiger partial charge on any atom is -0.382 e. The first-order valence-corrected chi connectivity index (χ1v) is 7.58. The van der Waals surface area contributed by atoms with Crippen molar-refractivity contribution in [2.45, 2.75) is 32.3 Å². The van der Waals surface area contributed by atoms with Gasteiger partial charge >= 0.3 is 0 Å².